The van der Waals surface area contributed by atoms with Crippen LogP contribution in [0.3, 0.4) is 0 Å². The Balaban J connectivity index is 1.19. The van der Waals surface area contributed by atoms with Crippen molar-refractivity contribution in [3.05, 3.63) is 64.5 Å². The van der Waals surface area contributed by atoms with Gasteiger partial charge in [0.1, 0.15) is 24.0 Å². The number of nitrogens with one attached hydrogen (secondary N) is 1. The maximum atomic E-state index is 12.1. The van der Waals surface area contributed by atoms with Gasteiger partial charge in [-0.3, -0.25) is 4.79 Å². The minimum atomic E-state index is -0.367. The number of rotatable bonds is 7. The van der Waals surface area contributed by atoms with E-state index in [4.69, 9.17) is 18.6 Å². The van der Waals surface area contributed by atoms with Crippen LogP contribution in [0.25, 0.3) is 11.0 Å². The SMILES string of the molecule is Cc1cc(=O)oc2ccc(OCCCC(=O)NC[C@H]3COc4ccccc4O3)cc12. The van der Waals surface area contributed by atoms with Gasteiger partial charge < -0.3 is 23.9 Å². The lowest BCUT2D eigenvalue weighted by molar-refractivity contribution is -0.121. The zero-order valence-electron chi connectivity index (χ0n) is 16.7. The Kier molecular flexibility index (Phi) is 5.88. The van der Waals surface area contributed by atoms with Crippen molar-refractivity contribution in [3.63, 3.8) is 0 Å². The molecule has 1 atom stereocenters. The first-order valence-corrected chi connectivity index (χ1v) is 9.91. The van der Waals surface area contributed by atoms with Crippen LogP contribution in [0.5, 0.6) is 17.2 Å². The molecule has 2 aromatic carbocycles. The van der Waals surface area contributed by atoms with Gasteiger partial charge in [0.2, 0.25) is 5.91 Å². The van der Waals surface area contributed by atoms with Crippen molar-refractivity contribution in [1.82, 2.24) is 5.32 Å². The van der Waals surface area contributed by atoms with Gasteiger partial charge in [0, 0.05) is 17.9 Å². The van der Waals surface area contributed by atoms with Crippen molar-refractivity contribution in [2.45, 2.75) is 25.9 Å². The number of ether oxygens (including phenoxy) is 3. The second kappa shape index (κ2) is 8.90. The van der Waals surface area contributed by atoms with Crippen molar-refractivity contribution in [3.8, 4) is 17.2 Å². The molecule has 0 saturated heterocycles. The number of fused-ring (bicyclic) bond motifs is 2. The van der Waals surface area contributed by atoms with Crippen LogP contribution in [-0.2, 0) is 4.79 Å². The molecule has 0 unspecified atom stereocenters. The van der Waals surface area contributed by atoms with Crippen molar-refractivity contribution in [1.29, 1.82) is 0 Å². The summed E-state index contributed by atoms with van der Waals surface area (Å²) in [4.78, 5) is 23.5. The maximum absolute atomic E-state index is 12.1. The summed E-state index contributed by atoms with van der Waals surface area (Å²) in [5.74, 6) is 2.04. The van der Waals surface area contributed by atoms with E-state index in [1.807, 2.05) is 37.3 Å². The van der Waals surface area contributed by atoms with Crippen LogP contribution in [0.2, 0.25) is 0 Å². The van der Waals surface area contributed by atoms with Crippen LogP contribution >= 0.6 is 0 Å². The Morgan fingerprint density at radius 1 is 1.17 bits per heavy atom. The lowest BCUT2D eigenvalue weighted by Gasteiger charge is -2.26. The number of carbonyl (C=O) groups excluding carboxylic acids is 1. The molecule has 4 rings (SSSR count). The summed E-state index contributed by atoms with van der Waals surface area (Å²) in [5.41, 5.74) is 1.000. The Morgan fingerprint density at radius 3 is 2.87 bits per heavy atom. The largest absolute Gasteiger partial charge is 0.494 e. The van der Waals surface area contributed by atoms with Crippen molar-refractivity contribution in [2.75, 3.05) is 19.8 Å². The lowest BCUT2D eigenvalue weighted by atomic mass is 10.1. The second-order valence-corrected chi connectivity index (χ2v) is 7.16. The van der Waals surface area contributed by atoms with Crippen LogP contribution in [0, 0.1) is 6.92 Å². The number of amides is 1. The third-order valence-corrected chi connectivity index (χ3v) is 4.83. The summed E-state index contributed by atoms with van der Waals surface area (Å²) in [6.07, 6.45) is 0.726. The number of carbonyl (C=O) groups is 1. The molecule has 30 heavy (non-hydrogen) atoms. The molecular weight excluding hydrogens is 386 g/mol. The Labute approximate surface area is 173 Å². The summed E-state index contributed by atoms with van der Waals surface area (Å²) < 4.78 is 22.4. The fourth-order valence-electron chi connectivity index (χ4n) is 3.29. The molecule has 0 fully saturated rings. The topological polar surface area (TPSA) is 87.0 Å². The van der Waals surface area contributed by atoms with E-state index in [0.717, 1.165) is 16.7 Å². The first kappa shape index (κ1) is 19.8. The van der Waals surface area contributed by atoms with Gasteiger partial charge in [0.05, 0.1) is 13.2 Å². The van der Waals surface area contributed by atoms with Crippen molar-refractivity contribution in [2.24, 2.45) is 0 Å². The van der Waals surface area contributed by atoms with E-state index in [9.17, 15) is 9.59 Å². The van der Waals surface area contributed by atoms with Gasteiger partial charge in [-0.15, -0.1) is 0 Å². The molecule has 1 N–H and O–H groups in total. The molecule has 0 bridgehead atoms. The summed E-state index contributed by atoms with van der Waals surface area (Å²) in [6.45, 7) is 3.06. The first-order valence-electron chi connectivity index (χ1n) is 9.91. The Bertz CT molecular complexity index is 1110. The summed E-state index contributed by atoms with van der Waals surface area (Å²) in [7, 11) is 0. The predicted octanol–water partition coefficient (Wildman–Crippen LogP) is 3.22. The molecule has 3 aromatic rings. The van der Waals surface area contributed by atoms with Crippen LogP contribution in [0.4, 0.5) is 0 Å². The van der Waals surface area contributed by atoms with Crippen LogP contribution in [0.15, 0.2) is 57.7 Å². The molecule has 1 aliphatic rings. The van der Waals surface area contributed by atoms with E-state index in [1.165, 1.54) is 6.07 Å². The third kappa shape index (κ3) is 4.74. The highest BCUT2D eigenvalue weighted by molar-refractivity contribution is 5.81. The minimum Gasteiger partial charge on any atom is -0.494 e. The fraction of sp³-hybridized carbons (Fsp3) is 0.304. The van der Waals surface area contributed by atoms with Crippen LogP contribution in [0.1, 0.15) is 18.4 Å². The van der Waals surface area contributed by atoms with Gasteiger partial charge in [0.25, 0.3) is 0 Å². The van der Waals surface area contributed by atoms with Crippen molar-refractivity contribution >= 4 is 16.9 Å². The number of hydrogen-bond donors (Lipinski definition) is 1. The maximum Gasteiger partial charge on any atom is 0.336 e. The summed E-state index contributed by atoms with van der Waals surface area (Å²) >= 11 is 0. The zero-order valence-corrected chi connectivity index (χ0v) is 16.7. The second-order valence-electron chi connectivity index (χ2n) is 7.16. The summed E-state index contributed by atoms with van der Waals surface area (Å²) in [5, 5.41) is 3.71. The first-order chi connectivity index (χ1) is 14.6. The molecule has 1 aromatic heterocycles. The van der Waals surface area contributed by atoms with Gasteiger partial charge in [-0.2, -0.15) is 0 Å². The van der Waals surface area contributed by atoms with Crippen molar-refractivity contribution < 1.29 is 23.4 Å². The zero-order chi connectivity index (χ0) is 20.9. The monoisotopic (exact) mass is 409 g/mol. The quantitative estimate of drug-likeness (QED) is 0.476. The standard InChI is InChI=1S/C23H23NO6/c1-15-11-23(26)30-19-9-8-16(12-18(15)19)27-10-4-7-22(25)24-13-17-14-28-20-5-2-3-6-21(20)29-17/h2-3,5-6,8-9,11-12,17H,4,7,10,13-14H2,1H3,(H,24,25)/t17-/m0/s1. The number of benzene rings is 2. The molecule has 0 saturated carbocycles. The molecule has 7 heteroatoms. The molecule has 0 spiro atoms. The molecule has 7 nitrogen and oxygen atoms in total. The van der Waals surface area contributed by atoms with Gasteiger partial charge in [-0.25, -0.2) is 4.79 Å². The van der Waals surface area contributed by atoms with E-state index in [1.54, 1.807) is 12.1 Å². The molecule has 1 aliphatic heterocycles. The average Bonchev–Trinajstić information content (AvgIpc) is 2.75. The smallest absolute Gasteiger partial charge is 0.336 e. The molecule has 0 aliphatic carbocycles. The van der Waals surface area contributed by atoms with Gasteiger partial charge >= 0.3 is 5.63 Å². The highest BCUT2D eigenvalue weighted by Crippen LogP contribution is 2.30. The van der Waals surface area contributed by atoms with E-state index < -0.39 is 0 Å². The lowest BCUT2D eigenvalue weighted by Crippen LogP contribution is -2.40. The molecule has 156 valence electrons. The highest BCUT2D eigenvalue weighted by atomic mass is 16.6. The average molecular weight is 409 g/mol. The number of aryl methyl sites for hydroxylation is 1. The van der Waals surface area contributed by atoms with E-state index in [2.05, 4.69) is 5.32 Å². The van der Waals surface area contributed by atoms with E-state index in [-0.39, 0.29) is 17.6 Å². The highest BCUT2D eigenvalue weighted by Gasteiger charge is 2.20. The molecule has 2 heterocycles. The normalized spacial score (nSPS) is 15.0. The Hall–Kier alpha value is -3.48. The van der Waals surface area contributed by atoms with Crippen LogP contribution < -0.4 is 25.2 Å². The molecular formula is C23H23NO6. The predicted molar refractivity (Wildman–Crippen MR) is 111 cm³/mol. The third-order valence-electron chi connectivity index (χ3n) is 4.83. The van der Waals surface area contributed by atoms with E-state index >= 15 is 0 Å². The Morgan fingerprint density at radius 2 is 2.00 bits per heavy atom. The summed E-state index contributed by atoms with van der Waals surface area (Å²) in [6, 6.07) is 14.2. The van der Waals surface area contributed by atoms with Gasteiger partial charge in [-0.05, 0) is 49.2 Å². The number of para-hydroxylation sites is 2. The fourth-order valence-corrected chi connectivity index (χ4v) is 3.29. The van der Waals surface area contributed by atoms with E-state index in [0.29, 0.717) is 49.7 Å². The minimum absolute atomic E-state index is 0.0582. The molecule has 0 radical (unpaired) electrons. The number of hydrogen-bond acceptors (Lipinski definition) is 6. The van der Waals surface area contributed by atoms with Gasteiger partial charge in [-0.1, -0.05) is 12.1 Å². The van der Waals surface area contributed by atoms with Crippen LogP contribution in [-0.4, -0.2) is 31.8 Å². The van der Waals surface area contributed by atoms with Gasteiger partial charge in [0.15, 0.2) is 11.5 Å². The molecule has 1 amide bonds.